The third kappa shape index (κ3) is 4.89. The van der Waals surface area contributed by atoms with Crippen LogP contribution in [0, 0.1) is 19.8 Å². The minimum atomic E-state index is -0.704. The van der Waals surface area contributed by atoms with E-state index in [4.69, 9.17) is 23.2 Å². The molecule has 1 saturated heterocycles. The van der Waals surface area contributed by atoms with Gasteiger partial charge in [0.05, 0.1) is 5.92 Å². The molecule has 0 spiro atoms. The lowest BCUT2D eigenvalue weighted by molar-refractivity contribution is -0.141. The Hall–Kier alpha value is -1.55. The fourth-order valence-corrected chi connectivity index (χ4v) is 4.32. The Morgan fingerprint density at radius 1 is 1.21 bits per heavy atom. The van der Waals surface area contributed by atoms with Gasteiger partial charge in [-0.15, -0.1) is 0 Å². The molecule has 1 heterocycles. The summed E-state index contributed by atoms with van der Waals surface area (Å²) in [6.07, 6.45) is 1.63. The van der Waals surface area contributed by atoms with E-state index in [0.29, 0.717) is 25.4 Å². The Bertz CT molecular complexity index is 858. The number of nitrogens with zero attached hydrogens (tertiary/aromatic N) is 1. The van der Waals surface area contributed by atoms with Crippen LogP contribution in [0.1, 0.15) is 47.1 Å². The van der Waals surface area contributed by atoms with E-state index in [0.717, 1.165) is 39.7 Å². The molecular weight excluding hydrogens is 393 g/mol. The van der Waals surface area contributed by atoms with Crippen LogP contribution in [-0.4, -0.2) is 29.1 Å². The van der Waals surface area contributed by atoms with Gasteiger partial charge in [-0.2, -0.15) is 0 Å². The van der Waals surface area contributed by atoms with E-state index in [-0.39, 0.29) is 5.92 Å². The van der Waals surface area contributed by atoms with Crippen molar-refractivity contribution in [2.24, 2.45) is 5.92 Å². The number of hydrogen-bond acceptors (Lipinski definition) is 2. The van der Waals surface area contributed by atoms with Gasteiger partial charge in [-0.3, -0.25) is 9.69 Å². The number of likely N-dealkylation sites (tertiary alicyclic amines) is 1. The summed E-state index contributed by atoms with van der Waals surface area (Å²) < 4.78 is 0. The van der Waals surface area contributed by atoms with E-state index >= 15 is 0 Å². The molecule has 1 N–H and O–H groups in total. The van der Waals surface area contributed by atoms with Gasteiger partial charge >= 0.3 is 5.97 Å². The molecule has 3 rings (SSSR count). The number of rotatable bonds is 6. The van der Waals surface area contributed by atoms with Gasteiger partial charge in [0, 0.05) is 23.1 Å². The van der Waals surface area contributed by atoms with Crippen LogP contribution in [-0.2, 0) is 17.8 Å². The lowest BCUT2D eigenvalue weighted by atomic mass is 9.91. The minimum Gasteiger partial charge on any atom is -0.481 e. The van der Waals surface area contributed by atoms with Crippen molar-refractivity contribution in [3.8, 4) is 0 Å². The van der Waals surface area contributed by atoms with Crippen LogP contribution in [0.2, 0.25) is 10.0 Å². The van der Waals surface area contributed by atoms with E-state index in [1.807, 2.05) is 19.9 Å². The number of benzene rings is 2. The largest absolute Gasteiger partial charge is 0.481 e. The predicted molar refractivity (Wildman–Crippen MR) is 116 cm³/mol. The van der Waals surface area contributed by atoms with Crippen molar-refractivity contribution < 1.29 is 9.90 Å². The predicted octanol–water partition coefficient (Wildman–Crippen LogP) is 5.86. The highest BCUT2D eigenvalue weighted by Gasteiger charge is 2.28. The molecule has 2 aromatic rings. The summed E-state index contributed by atoms with van der Waals surface area (Å²) in [7, 11) is 0. The van der Waals surface area contributed by atoms with Crippen molar-refractivity contribution in [3.05, 3.63) is 68.2 Å². The summed E-state index contributed by atoms with van der Waals surface area (Å²) >= 11 is 12.7. The summed E-state index contributed by atoms with van der Waals surface area (Å²) in [5, 5.41) is 10.8. The van der Waals surface area contributed by atoms with Gasteiger partial charge < -0.3 is 5.11 Å². The van der Waals surface area contributed by atoms with Crippen LogP contribution in [0.25, 0.3) is 0 Å². The zero-order chi connectivity index (χ0) is 20.4. The average molecular weight is 420 g/mol. The first-order valence-electron chi connectivity index (χ1n) is 9.73. The Kier molecular flexibility index (Phi) is 6.69. The van der Waals surface area contributed by atoms with Crippen molar-refractivity contribution in [1.29, 1.82) is 0 Å². The lowest BCUT2D eigenvalue weighted by Gasteiger charge is -2.19. The second-order valence-electron chi connectivity index (χ2n) is 8.06. The molecule has 1 aliphatic rings. The van der Waals surface area contributed by atoms with Gasteiger partial charge in [0.15, 0.2) is 0 Å². The molecule has 0 radical (unpaired) electrons. The van der Waals surface area contributed by atoms with Crippen molar-refractivity contribution in [2.75, 3.05) is 13.1 Å². The van der Waals surface area contributed by atoms with Crippen LogP contribution in [0.5, 0.6) is 0 Å². The van der Waals surface area contributed by atoms with Gasteiger partial charge in [-0.1, -0.05) is 54.4 Å². The molecule has 0 unspecified atom stereocenters. The molecule has 1 fully saturated rings. The number of hydrogen-bond donors (Lipinski definition) is 1. The molecule has 3 nitrogen and oxygen atoms in total. The molecule has 28 heavy (non-hydrogen) atoms. The second-order valence-corrected chi connectivity index (χ2v) is 8.84. The van der Waals surface area contributed by atoms with Crippen LogP contribution in [0.15, 0.2) is 30.3 Å². The highest BCUT2D eigenvalue weighted by Crippen LogP contribution is 2.29. The molecule has 0 bridgehead atoms. The quantitative estimate of drug-likeness (QED) is 0.636. The molecule has 0 saturated carbocycles. The van der Waals surface area contributed by atoms with Crippen LogP contribution in [0.4, 0.5) is 0 Å². The third-order valence-corrected chi connectivity index (χ3v) is 6.66. The summed E-state index contributed by atoms with van der Waals surface area (Å²) in [4.78, 5) is 13.4. The Morgan fingerprint density at radius 3 is 2.50 bits per heavy atom. The highest BCUT2D eigenvalue weighted by atomic mass is 35.5. The van der Waals surface area contributed by atoms with E-state index < -0.39 is 5.97 Å². The molecule has 150 valence electrons. The van der Waals surface area contributed by atoms with Crippen molar-refractivity contribution in [3.63, 3.8) is 0 Å². The maximum atomic E-state index is 11.2. The molecule has 5 heteroatoms. The summed E-state index contributed by atoms with van der Waals surface area (Å²) in [5.74, 6) is -0.602. The average Bonchev–Trinajstić information content (AvgIpc) is 3.11. The first kappa shape index (κ1) is 21.2. The van der Waals surface area contributed by atoms with E-state index in [1.54, 1.807) is 0 Å². The SMILES string of the molecule is Cc1cc([C@@H](C)Cc2ccc(Cl)c(CN3CC[C@@H](C(=O)O)C3)c2)cc(C)c1Cl. The number of carboxylic acids is 1. The number of halogens is 2. The molecule has 1 aliphatic heterocycles. The Labute approximate surface area is 177 Å². The molecule has 0 amide bonds. The fourth-order valence-electron chi connectivity index (χ4n) is 4.03. The normalized spacial score (nSPS) is 18.4. The topological polar surface area (TPSA) is 40.5 Å². The zero-order valence-corrected chi connectivity index (χ0v) is 18.1. The van der Waals surface area contributed by atoms with Crippen LogP contribution >= 0.6 is 23.2 Å². The summed E-state index contributed by atoms with van der Waals surface area (Å²) in [6.45, 7) is 8.42. The molecule has 0 aliphatic carbocycles. The highest BCUT2D eigenvalue weighted by molar-refractivity contribution is 6.32. The van der Waals surface area contributed by atoms with Gasteiger partial charge in [-0.05, 0) is 73.0 Å². The monoisotopic (exact) mass is 419 g/mol. The third-order valence-electron chi connectivity index (χ3n) is 5.70. The van der Waals surface area contributed by atoms with Gasteiger partial charge in [-0.25, -0.2) is 0 Å². The summed E-state index contributed by atoms with van der Waals surface area (Å²) in [6, 6.07) is 10.6. The smallest absolute Gasteiger partial charge is 0.307 e. The Balaban J connectivity index is 1.72. The number of carbonyl (C=O) groups is 1. The first-order valence-corrected chi connectivity index (χ1v) is 10.5. The molecule has 2 atom stereocenters. The second kappa shape index (κ2) is 8.86. The van der Waals surface area contributed by atoms with E-state index in [1.165, 1.54) is 11.1 Å². The van der Waals surface area contributed by atoms with Crippen LogP contribution in [0.3, 0.4) is 0 Å². The maximum Gasteiger partial charge on any atom is 0.307 e. The zero-order valence-electron chi connectivity index (χ0n) is 16.6. The van der Waals surface area contributed by atoms with Gasteiger partial charge in [0.2, 0.25) is 0 Å². The first-order chi connectivity index (χ1) is 13.2. The van der Waals surface area contributed by atoms with Crippen molar-refractivity contribution in [1.82, 2.24) is 4.90 Å². The fraction of sp³-hybridized carbons (Fsp3) is 0.435. The number of aliphatic carboxylic acids is 1. The van der Waals surface area contributed by atoms with Crippen molar-refractivity contribution >= 4 is 29.2 Å². The van der Waals surface area contributed by atoms with Gasteiger partial charge in [0.1, 0.15) is 0 Å². The Morgan fingerprint density at radius 2 is 1.89 bits per heavy atom. The molecule has 0 aromatic heterocycles. The number of aryl methyl sites for hydroxylation is 2. The maximum absolute atomic E-state index is 11.2. The standard InChI is InChI=1S/C23H27Cl2NO2/c1-14(19-9-15(2)22(25)16(3)10-19)8-17-4-5-21(24)20(11-17)13-26-7-6-18(12-26)23(27)28/h4-5,9-11,14,18H,6-8,12-13H2,1-3H3,(H,27,28)/t14-,18+/m0/s1. The summed E-state index contributed by atoms with van der Waals surface area (Å²) in [5.41, 5.74) is 5.83. The number of carboxylic acid groups (broad SMARTS) is 1. The van der Waals surface area contributed by atoms with Crippen LogP contribution < -0.4 is 0 Å². The van der Waals surface area contributed by atoms with Gasteiger partial charge in [0.25, 0.3) is 0 Å². The van der Waals surface area contributed by atoms with E-state index in [9.17, 15) is 9.90 Å². The lowest BCUT2D eigenvalue weighted by Crippen LogP contribution is -2.23. The van der Waals surface area contributed by atoms with E-state index in [2.05, 4.69) is 36.1 Å². The molecular formula is C23H27Cl2NO2. The molecule has 2 aromatic carbocycles. The van der Waals surface area contributed by atoms with Crippen molar-refractivity contribution in [2.45, 2.75) is 46.1 Å². The minimum absolute atomic E-state index is 0.265.